The van der Waals surface area contributed by atoms with Crippen molar-refractivity contribution in [3.8, 4) is 0 Å². The minimum absolute atomic E-state index is 0.0802. The van der Waals surface area contributed by atoms with E-state index in [0.717, 1.165) is 69.8 Å². The van der Waals surface area contributed by atoms with E-state index in [2.05, 4.69) is 57.7 Å². The largest absolute Gasteiger partial charge is 0.334 e. The predicted molar refractivity (Wildman–Crippen MR) is 105 cm³/mol. The van der Waals surface area contributed by atoms with E-state index in [1.807, 2.05) is 4.90 Å². The lowest BCUT2D eigenvalue weighted by Crippen LogP contribution is -2.54. The molecule has 6 nitrogen and oxygen atoms in total. The van der Waals surface area contributed by atoms with Gasteiger partial charge in [0.25, 0.3) is 5.91 Å². The minimum Gasteiger partial charge on any atom is -0.334 e. The smallest absolute Gasteiger partial charge is 0.274 e. The predicted octanol–water partition coefficient (Wildman–Crippen LogP) is 2.18. The highest BCUT2D eigenvalue weighted by molar-refractivity contribution is 5.94. The molecule has 0 saturated carbocycles. The Balaban J connectivity index is 1.46. The zero-order valence-electron chi connectivity index (χ0n) is 16.1. The van der Waals surface area contributed by atoms with E-state index in [1.165, 1.54) is 5.56 Å². The van der Waals surface area contributed by atoms with Crippen molar-refractivity contribution < 1.29 is 4.79 Å². The third kappa shape index (κ3) is 3.92. The van der Waals surface area contributed by atoms with Gasteiger partial charge in [0.1, 0.15) is 0 Å². The Bertz CT molecular complexity index is 772. The van der Waals surface area contributed by atoms with Crippen molar-refractivity contribution >= 4 is 5.91 Å². The first kappa shape index (κ1) is 18.2. The fourth-order valence-corrected chi connectivity index (χ4v) is 4.26. The van der Waals surface area contributed by atoms with Gasteiger partial charge in [-0.3, -0.25) is 14.8 Å². The molecule has 0 aliphatic carbocycles. The van der Waals surface area contributed by atoms with Gasteiger partial charge >= 0.3 is 0 Å². The number of nitrogens with one attached hydrogen (secondary N) is 2. The van der Waals surface area contributed by atoms with Crippen LogP contribution in [0.5, 0.6) is 0 Å². The van der Waals surface area contributed by atoms with E-state index in [4.69, 9.17) is 0 Å². The van der Waals surface area contributed by atoms with Gasteiger partial charge in [-0.15, -0.1) is 0 Å². The molecule has 1 fully saturated rings. The standard InChI is InChI=1S/C21H29N5O/c1-2-6-17-15-26(12-11-25(17)14-16-7-4-3-5-8-16)21(27)20-18-13-22-10-9-19(18)23-24-20/h3-5,7-8,17,22H,2,6,9-15H2,1H3,(H,23,24). The quantitative estimate of drug-likeness (QED) is 0.850. The first-order chi connectivity index (χ1) is 13.3. The number of hydrogen-bond acceptors (Lipinski definition) is 4. The fraction of sp³-hybridized carbons (Fsp3) is 0.524. The van der Waals surface area contributed by atoms with Crippen LogP contribution in [0.3, 0.4) is 0 Å². The van der Waals surface area contributed by atoms with Crippen molar-refractivity contribution in [1.29, 1.82) is 0 Å². The maximum absolute atomic E-state index is 13.1. The molecule has 1 saturated heterocycles. The highest BCUT2D eigenvalue weighted by Crippen LogP contribution is 2.22. The second-order valence-corrected chi connectivity index (χ2v) is 7.61. The molecule has 1 atom stereocenters. The van der Waals surface area contributed by atoms with Crippen LogP contribution in [0.4, 0.5) is 0 Å². The molecule has 3 heterocycles. The van der Waals surface area contributed by atoms with E-state index < -0.39 is 0 Å². The summed E-state index contributed by atoms with van der Waals surface area (Å²) in [6, 6.07) is 11.0. The van der Waals surface area contributed by atoms with E-state index in [9.17, 15) is 4.79 Å². The van der Waals surface area contributed by atoms with Crippen LogP contribution in [0.15, 0.2) is 30.3 Å². The Labute approximate surface area is 160 Å². The average molecular weight is 367 g/mol. The van der Waals surface area contributed by atoms with Crippen molar-refractivity contribution in [1.82, 2.24) is 25.3 Å². The molecule has 1 aromatic carbocycles. The van der Waals surface area contributed by atoms with E-state index in [-0.39, 0.29) is 5.91 Å². The monoisotopic (exact) mass is 367 g/mol. The molecule has 0 spiro atoms. The molecule has 6 heteroatoms. The first-order valence-electron chi connectivity index (χ1n) is 10.1. The fourth-order valence-electron chi connectivity index (χ4n) is 4.26. The maximum atomic E-state index is 13.1. The summed E-state index contributed by atoms with van der Waals surface area (Å²) in [6.07, 6.45) is 3.15. The summed E-state index contributed by atoms with van der Waals surface area (Å²) in [5.74, 6) is 0.0802. The number of aromatic amines is 1. The molecule has 2 N–H and O–H groups in total. The number of nitrogens with zero attached hydrogens (tertiary/aromatic N) is 3. The zero-order valence-corrected chi connectivity index (χ0v) is 16.1. The Kier molecular flexibility index (Phi) is 5.55. The van der Waals surface area contributed by atoms with E-state index in [0.29, 0.717) is 11.7 Å². The lowest BCUT2D eigenvalue weighted by molar-refractivity contribution is 0.0432. The molecule has 2 aliphatic heterocycles. The van der Waals surface area contributed by atoms with Gasteiger partial charge in [-0.2, -0.15) is 5.10 Å². The van der Waals surface area contributed by atoms with Crippen LogP contribution in [-0.2, 0) is 19.5 Å². The molecule has 0 radical (unpaired) electrons. The van der Waals surface area contributed by atoms with Crippen LogP contribution in [-0.4, -0.2) is 58.1 Å². The molecule has 4 rings (SSSR count). The molecule has 1 amide bonds. The summed E-state index contributed by atoms with van der Waals surface area (Å²) in [6.45, 7) is 7.32. The summed E-state index contributed by atoms with van der Waals surface area (Å²) < 4.78 is 0. The number of H-pyrrole nitrogens is 1. The SMILES string of the molecule is CCCC1CN(C(=O)c2n[nH]c3c2CNCC3)CCN1Cc1ccccc1. The van der Waals surface area contributed by atoms with Crippen molar-refractivity contribution in [3.63, 3.8) is 0 Å². The number of fused-ring (bicyclic) bond motifs is 1. The van der Waals surface area contributed by atoms with Gasteiger partial charge in [-0.1, -0.05) is 43.7 Å². The van der Waals surface area contributed by atoms with E-state index in [1.54, 1.807) is 0 Å². The average Bonchev–Trinajstić information content (AvgIpc) is 3.14. The topological polar surface area (TPSA) is 64.3 Å². The van der Waals surface area contributed by atoms with Crippen LogP contribution in [0.25, 0.3) is 0 Å². The molecule has 0 bridgehead atoms. The Hall–Kier alpha value is -2.18. The summed E-state index contributed by atoms with van der Waals surface area (Å²) in [5.41, 5.74) is 4.13. The molecule has 144 valence electrons. The molecule has 2 aromatic rings. The van der Waals surface area contributed by atoms with Crippen LogP contribution in [0.1, 0.15) is 47.1 Å². The summed E-state index contributed by atoms with van der Waals surface area (Å²) >= 11 is 0. The van der Waals surface area contributed by atoms with Crippen molar-refractivity contribution in [2.24, 2.45) is 0 Å². The van der Waals surface area contributed by atoms with Gasteiger partial charge in [-0.05, 0) is 12.0 Å². The highest BCUT2D eigenvalue weighted by atomic mass is 16.2. The molecule has 27 heavy (non-hydrogen) atoms. The van der Waals surface area contributed by atoms with Gasteiger partial charge in [0.05, 0.1) is 0 Å². The van der Waals surface area contributed by atoms with Gasteiger partial charge in [0, 0.05) is 63.0 Å². The number of aromatic nitrogens is 2. The molecule has 2 aliphatic rings. The van der Waals surface area contributed by atoms with Gasteiger partial charge in [0.15, 0.2) is 5.69 Å². The molecular weight excluding hydrogens is 338 g/mol. The molecule has 1 aromatic heterocycles. The number of amides is 1. The van der Waals surface area contributed by atoms with E-state index >= 15 is 0 Å². The Morgan fingerprint density at radius 2 is 2.11 bits per heavy atom. The summed E-state index contributed by atoms with van der Waals surface area (Å²) in [7, 11) is 0. The summed E-state index contributed by atoms with van der Waals surface area (Å²) in [4.78, 5) is 17.7. The van der Waals surface area contributed by atoms with Crippen LogP contribution >= 0.6 is 0 Å². The van der Waals surface area contributed by atoms with Gasteiger partial charge in [0.2, 0.25) is 0 Å². The van der Waals surface area contributed by atoms with Crippen LogP contribution < -0.4 is 5.32 Å². The lowest BCUT2D eigenvalue weighted by Gasteiger charge is -2.41. The lowest BCUT2D eigenvalue weighted by atomic mass is 10.0. The Morgan fingerprint density at radius 1 is 1.26 bits per heavy atom. The first-order valence-corrected chi connectivity index (χ1v) is 10.1. The number of rotatable bonds is 5. The molecule has 1 unspecified atom stereocenters. The number of carbonyl (C=O) groups excluding carboxylic acids is 1. The van der Waals surface area contributed by atoms with Gasteiger partial charge in [-0.25, -0.2) is 0 Å². The minimum atomic E-state index is 0.0802. The number of benzene rings is 1. The van der Waals surface area contributed by atoms with Crippen molar-refractivity contribution in [2.45, 2.75) is 45.3 Å². The number of carbonyl (C=O) groups is 1. The van der Waals surface area contributed by atoms with Crippen LogP contribution in [0, 0.1) is 0 Å². The second kappa shape index (κ2) is 8.23. The maximum Gasteiger partial charge on any atom is 0.274 e. The Morgan fingerprint density at radius 3 is 2.93 bits per heavy atom. The number of hydrogen-bond donors (Lipinski definition) is 2. The number of piperazine rings is 1. The van der Waals surface area contributed by atoms with Crippen molar-refractivity contribution in [2.75, 3.05) is 26.2 Å². The van der Waals surface area contributed by atoms with Crippen molar-refractivity contribution in [3.05, 3.63) is 52.8 Å². The zero-order chi connectivity index (χ0) is 18.6. The third-order valence-corrected chi connectivity index (χ3v) is 5.75. The summed E-state index contributed by atoms with van der Waals surface area (Å²) in [5, 5.41) is 10.8. The van der Waals surface area contributed by atoms with Crippen LogP contribution in [0.2, 0.25) is 0 Å². The molecular formula is C21H29N5O. The third-order valence-electron chi connectivity index (χ3n) is 5.75. The van der Waals surface area contributed by atoms with Gasteiger partial charge < -0.3 is 10.2 Å². The normalized spacial score (nSPS) is 20.5. The second-order valence-electron chi connectivity index (χ2n) is 7.61. The highest BCUT2D eigenvalue weighted by Gasteiger charge is 2.32.